The molecule has 1 aliphatic heterocycles. The van der Waals surface area contributed by atoms with Gasteiger partial charge in [-0.1, -0.05) is 42.5 Å². The largest absolute Gasteiger partial charge is 0.416 e. The van der Waals surface area contributed by atoms with Gasteiger partial charge in [-0.2, -0.15) is 13.2 Å². The second-order valence-electron chi connectivity index (χ2n) is 9.02. The minimum atomic E-state index is -4.42. The quantitative estimate of drug-likeness (QED) is 0.295. The number of anilines is 3. The number of aliphatic hydroxyl groups is 1. The normalized spacial score (nSPS) is 15.7. The lowest BCUT2D eigenvalue weighted by Crippen LogP contribution is -2.28. The van der Waals surface area contributed by atoms with Crippen LogP contribution in [0.2, 0.25) is 0 Å². The molecule has 1 atom stereocenters. The lowest BCUT2D eigenvalue weighted by molar-refractivity contribution is -0.137. The number of nitrogens with zero attached hydrogens (tertiary/aromatic N) is 1. The van der Waals surface area contributed by atoms with Crippen molar-refractivity contribution in [3.05, 3.63) is 107 Å². The number of carbonyl (C=O) groups is 1. The average Bonchev–Trinajstić information content (AvgIpc) is 2.87. The van der Waals surface area contributed by atoms with Gasteiger partial charge in [-0.15, -0.1) is 0 Å². The van der Waals surface area contributed by atoms with Crippen LogP contribution in [0.3, 0.4) is 0 Å². The second kappa shape index (κ2) is 10.9. The summed E-state index contributed by atoms with van der Waals surface area (Å²) in [4.78, 5) is 14.6. The predicted octanol–water partition coefficient (Wildman–Crippen LogP) is 5.73. The minimum absolute atomic E-state index is 0.362. The van der Waals surface area contributed by atoms with Crippen LogP contribution in [0.5, 0.6) is 0 Å². The molecule has 0 fully saturated rings. The van der Waals surface area contributed by atoms with Crippen LogP contribution in [0.25, 0.3) is 5.57 Å². The third-order valence-corrected chi connectivity index (χ3v) is 6.13. The van der Waals surface area contributed by atoms with Gasteiger partial charge in [-0.25, -0.2) is 0 Å². The molecule has 0 aliphatic carbocycles. The van der Waals surface area contributed by atoms with Crippen molar-refractivity contribution >= 4 is 28.5 Å². The van der Waals surface area contributed by atoms with E-state index in [1.165, 1.54) is 18.2 Å². The Kier molecular flexibility index (Phi) is 7.69. The molecule has 1 unspecified atom stereocenters. The first-order valence-corrected chi connectivity index (χ1v) is 11.8. The zero-order chi connectivity index (χ0) is 26.6. The molecule has 0 saturated carbocycles. The van der Waals surface area contributed by atoms with Crippen molar-refractivity contribution in [1.82, 2.24) is 0 Å². The van der Waals surface area contributed by atoms with Crippen LogP contribution in [0.1, 0.15) is 22.3 Å². The third kappa shape index (κ3) is 6.40. The molecule has 1 heterocycles. The maximum atomic E-state index is 13.1. The van der Waals surface area contributed by atoms with Gasteiger partial charge in [0.05, 0.1) is 11.7 Å². The van der Waals surface area contributed by atoms with Crippen LogP contribution in [0.15, 0.2) is 85.0 Å². The number of aliphatic hydroxyl groups excluding tert-OH is 1. The van der Waals surface area contributed by atoms with Gasteiger partial charge >= 0.3 is 6.18 Å². The Balaban J connectivity index is 1.60. The van der Waals surface area contributed by atoms with E-state index in [1.807, 2.05) is 55.4 Å². The molecule has 1 amide bonds. The number of nitrogens with one attached hydrogen (secondary N) is 2. The molecule has 37 heavy (non-hydrogen) atoms. The summed E-state index contributed by atoms with van der Waals surface area (Å²) in [6, 6.07) is 18.1. The Labute approximate surface area is 213 Å². The molecule has 0 aromatic heterocycles. The molecule has 4 rings (SSSR count). The Morgan fingerprint density at radius 3 is 2.30 bits per heavy atom. The van der Waals surface area contributed by atoms with E-state index in [1.54, 1.807) is 18.2 Å². The van der Waals surface area contributed by atoms with Crippen molar-refractivity contribution in [2.75, 3.05) is 36.2 Å². The molecule has 5 nitrogen and oxygen atoms in total. The maximum Gasteiger partial charge on any atom is 0.416 e. The molecule has 0 radical (unpaired) electrons. The number of fused-ring (bicyclic) bond motifs is 1. The molecule has 1 aliphatic rings. The summed E-state index contributed by atoms with van der Waals surface area (Å²) in [6.45, 7) is 0.456. The lowest BCUT2D eigenvalue weighted by atomic mass is 9.96. The smallest absolute Gasteiger partial charge is 0.391 e. The summed E-state index contributed by atoms with van der Waals surface area (Å²) in [6.07, 6.45) is 0.127. The summed E-state index contributed by atoms with van der Waals surface area (Å²) in [5, 5.41) is 16.0. The van der Waals surface area contributed by atoms with Crippen molar-refractivity contribution in [1.29, 1.82) is 0 Å². The number of alkyl halides is 3. The third-order valence-electron chi connectivity index (χ3n) is 6.13. The number of hydrogen-bond donors (Lipinski definition) is 3. The van der Waals surface area contributed by atoms with Crippen molar-refractivity contribution in [3.8, 4) is 0 Å². The molecule has 8 heteroatoms. The van der Waals surface area contributed by atoms with E-state index >= 15 is 0 Å². The maximum absolute atomic E-state index is 13.1. The summed E-state index contributed by atoms with van der Waals surface area (Å²) in [5.41, 5.74) is 4.65. The van der Waals surface area contributed by atoms with E-state index in [0.717, 1.165) is 34.6 Å². The van der Waals surface area contributed by atoms with Gasteiger partial charge in [0.2, 0.25) is 5.91 Å². The molecule has 192 valence electrons. The molecule has 0 saturated heterocycles. The number of amides is 1. The van der Waals surface area contributed by atoms with Crippen LogP contribution < -0.4 is 15.5 Å². The standard InChI is InChI=1S/C29H28F3N3O2/c1-35(2)22-15-11-20(12-16-22)24(19-9-13-21(14-10-19)29(30,31)32)5-3-8-28(37)34-27-7-4-6-26-25(27)17-23(36)18-33-26/h3-16,23,33,36H,17-18H2,1-2H3,(H,34,37)/b8-3+,24-5-. The zero-order valence-corrected chi connectivity index (χ0v) is 20.5. The molecule has 0 spiro atoms. The van der Waals surface area contributed by atoms with Crippen molar-refractivity contribution in [3.63, 3.8) is 0 Å². The summed E-state index contributed by atoms with van der Waals surface area (Å²) < 4.78 is 39.2. The number of allylic oxidation sites excluding steroid dienone is 2. The number of rotatable bonds is 6. The first kappa shape index (κ1) is 26.0. The van der Waals surface area contributed by atoms with Crippen LogP contribution in [-0.4, -0.2) is 37.8 Å². The van der Waals surface area contributed by atoms with Crippen LogP contribution in [0, 0.1) is 0 Å². The molecular weight excluding hydrogens is 479 g/mol. The highest BCUT2D eigenvalue weighted by Gasteiger charge is 2.30. The van der Waals surface area contributed by atoms with Gasteiger partial charge in [0.25, 0.3) is 0 Å². The Hall–Kier alpha value is -4.04. The highest BCUT2D eigenvalue weighted by molar-refractivity contribution is 6.00. The summed E-state index contributed by atoms with van der Waals surface area (Å²) >= 11 is 0. The predicted molar refractivity (Wildman–Crippen MR) is 142 cm³/mol. The first-order chi connectivity index (χ1) is 17.6. The highest BCUT2D eigenvalue weighted by Crippen LogP contribution is 2.32. The lowest BCUT2D eigenvalue weighted by Gasteiger charge is -2.24. The van der Waals surface area contributed by atoms with Gasteiger partial charge in [-0.3, -0.25) is 4.79 Å². The zero-order valence-electron chi connectivity index (χ0n) is 20.5. The molecule has 3 N–H and O–H groups in total. The van der Waals surface area contributed by atoms with Gasteiger partial charge in [-0.05, 0) is 53.1 Å². The fraction of sp³-hybridized carbons (Fsp3) is 0.207. The number of carbonyl (C=O) groups excluding carboxylic acids is 1. The van der Waals surface area contributed by atoms with E-state index in [0.29, 0.717) is 29.8 Å². The van der Waals surface area contributed by atoms with E-state index in [2.05, 4.69) is 10.6 Å². The van der Waals surface area contributed by atoms with Crippen LogP contribution >= 0.6 is 0 Å². The molecule has 3 aromatic carbocycles. The number of halogens is 3. The number of benzene rings is 3. The van der Waals surface area contributed by atoms with Crippen LogP contribution in [0.4, 0.5) is 30.2 Å². The molecule has 0 bridgehead atoms. The van der Waals surface area contributed by atoms with Gasteiger partial charge in [0, 0.05) is 55.8 Å². The molecular formula is C29H28F3N3O2. The van der Waals surface area contributed by atoms with Crippen molar-refractivity contribution in [2.45, 2.75) is 18.7 Å². The summed E-state index contributed by atoms with van der Waals surface area (Å²) in [5.74, 6) is -0.362. The van der Waals surface area contributed by atoms with Gasteiger partial charge in [0.15, 0.2) is 0 Å². The summed E-state index contributed by atoms with van der Waals surface area (Å²) in [7, 11) is 3.84. The second-order valence-corrected chi connectivity index (χ2v) is 9.02. The van der Waals surface area contributed by atoms with E-state index < -0.39 is 17.8 Å². The number of hydrogen-bond acceptors (Lipinski definition) is 4. The van der Waals surface area contributed by atoms with Crippen molar-refractivity contribution < 1.29 is 23.1 Å². The van der Waals surface area contributed by atoms with E-state index in [4.69, 9.17) is 0 Å². The molecule has 3 aromatic rings. The fourth-order valence-electron chi connectivity index (χ4n) is 4.17. The Morgan fingerprint density at radius 1 is 1.03 bits per heavy atom. The van der Waals surface area contributed by atoms with Crippen LogP contribution in [-0.2, 0) is 17.4 Å². The van der Waals surface area contributed by atoms with Gasteiger partial charge < -0.3 is 20.6 Å². The Bertz CT molecular complexity index is 1310. The SMILES string of the molecule is CN(C)c1ccc(/C(=C\C=C\C(=O)Nc2cccc3c2CC(O)CN3)c2ccc(C(F)(F)F)cc2)cc1. The Morgan fingerprint density at radius 2 is 1.68 bits per heavy atom. The topological polar surface area (TPSA) is 64.6 Å². The van der Waals surface area contributed by atoms with Gasteiger partial charge in [0.1, 0.15) is 0 Å². The average molecular weight is 508 g/mol. The minimum Gasteiger partial charge on any atom is -0.391 e. The van der Waals surface area contributed by atoms with Crippen molar-refractivity contribution in [2.24, 2.45) is 0 Å². The highest BCUT2D eigenvalue weighted by atomic mass is 19.4. The van der Waals surface area contributed by atoms with E-state index in [-0.39, 0.29) is 5.91 Å². The first-order valence-electron chi connectivity index (χ1n) is 11.8. The fourth-order valence-corrected chi connectivity index (χ4v) is 4.17. The monoisotopic (exact) mass is 507 g/mol. The number of β-amino-alcohol motifs (C(OH)–C–C–N with tert-alkyl or cyclic N) is 1. The van der Waals surface area contributed by atoms with E-state index in [9.17, 15) is 23.1 Å².